The third-order valence-electron chi connectivity index (χ3n) is 2.66. The maximum absolute atomic E-state index is 13.6. The summed E-state index contributed by atoms with van der Waals surface area (Å²) < 4.78 is 19.9. The van der Waals surface area contributed by atoms with Crippen LogP contribution in [0.15, 0.2) is 30.3 Å². The summed E-state index contributed by atoms with van der Waals surface area (Å²) in [5.41, 5.74) is 0.873. The summed E-state index contributed by atoms with van der Waals surface area (Å²) in [6.45, 7) is 5.13. The van der Waals surface area contributed by atoms with Gasteiger partial charge in [0.1, 0.15) is 18.2 Å². The molecule has 2 aromatic rings. The van der Waals surface area contributed by atoms with E-state index in [1.165, 1.54) is 23.5 Å². The largest absolute Gasteiger partial charge is 0.488 e. The lowest BCUT2D eigenvalue weighted by Gasteiger charge is -2.10. The van der Waals surface area contributed by atoms with Gasteiger partial charge in [0.05, 0.1) is 4.34 Å². The Kier molecular flexibility index (Phi) is 5.40. The quantitative estimate of drug-likeness (QED) is 0.840. The van der Waals surface area contributed by atoms with Gasteiger partial charge in [-0.1, -0.05) is 25.4 Å². The van der Waals surface area contributed by atoms with E-state index in [4.69, 9.17) is 16.3 Å². The van der Waals surface area contributed by atoms with Crippen molar-refractivity contribution in [3.05, 3.63) is 50.9 Å². The Balaban J connectivity index is 2.00. The number of hydrogen-bond acceptors (Lipinski definition) is 3. The first kappa shape index (κ1) is 15.3. The SMILES string of the molecule is CC(C)NCc1cc(F)cc(OCc2ccc(Cl)s2)c1. The molecule has 20 heavy (non-hydrogen) atoms. The molecule has 0 amide bonds. The summed E-state index contributed by atoms with van der Waals surface area (Å²) in [4.78, 5) is 1.01. The molecule has 0 aliphatic heterocycles. The van der Waals surface area contributed by atoms with E-state index >= 15 is 0 Å². The Hall–Kier alpha value is -1.10. The summed E-state index contributed by atoms with van der Waals surface area (Å²) in [5, 5.41) is 3.26. The van der Waals surface area contributed by atoms with Gasteiger partial charge in [-0.3, -0.25) is 0 Å². The number of halogens is 2. The van der Waals surface area contributed by atoms with Crippen molar-refractivity contribution < 1.29 is 9.13 Å². The molecule has 1 heterocycles. The predicted molar refractivity (Wildman–Crippen MR) is 82.0 cm³/mol. The van der Waals surface area contributed by atoms with Gasteiger partial charge in [-0.05, 0) is 29.8 Å². The fourth-order valence-corrected chi connectivity index (χ4v) is 2.71. The fourth-order valence-electron chi connectivity index (χ4n) is 1.71. The molecule has 108 valence electrons. The number of ether oxygens (including phenoxy) is 1. The molecule has 0 saturated carbocycles. The van der Waals surface area contributed by atoms with Crippen LogP contribution in [0.5, 0.6) is 5.75 Å². The van der Waals surface area contributed by atoms with Gasteiger partial charge in [0.25, 0.3) is 0 Å². The maximum Gasteiger partial charge on any atom is 0.127 e. The molecule has 0 atom stereocenters. The van der Waals surface area contributed by atoms with Crippen molar-refractivity contribution in [1.29, 1.82) is 0 Å². The molecule has 2 nitrogen and oxygen atoms in total. The molecule has 5 heteroatoms. The molecule has 0 saturated heterocycles. The minimum atomic E-state index is -0.285. The van der Waals surface area contributed by atoms with Crippen molar-refractivity contribution >= 4 is 22.9 Å². The molecule has 0 bridgehead atoms. The average molecular weight is 314 g/mol. The van der Waals surface area contributed by atoms with E-state index in [9.17, 15) is 4.39 Å². The molecule has 1 aromatic heterocycles. The first-order chi connectivity index (χ1) is 9.52. The Morgan fingerprint density at radius 3 is 2.75 bits per heavy atom. The third kappa shape index (κ3) is 4.78. The van der Waals surface area contributed by atoms with E-state index in [0.29, 0.717) is 24.9 Å². The van der Waals surface area contributed by atoms with Crippen LogP contribution in [0.3, 0.4) is 0 Å². The lowest BCUT2D eigenvalue weighted by Crippen LogP contribution is -2.21. The van der Waals surface area contributed by atoms with Gasteiger partial charge < -0.3 is 10.1 Å². The molecular weight excluding hydrogens is 297 g/mol. The minimum Gasteiger partial charge on any atom is -0.488 e. The summed E-state index contributed by atoms with van der Waals surface area (Å²) in [5.74, 6) is 0.252. The van der Waals surface area contributed by atoms with E-state index < -0.39 is 0 Å². The zero-order valence-corrected chi connectivity index (χ0v) is 13.0. The predicted octanol–water partition coefficient (Wildman–Crippen LogP) is 4.62. The third-order valence-corrected chi connectivity index (χ3v) is 3.86. The Bertz CT molecular complexity index is 571. The van der Waals surface area contributed by atoms with Crippen LogP contribution in [0.4, 0.5) is 4.39 Å². The Morgan fingerprint density at radius 1 is 1.30 bits per heavy atom. The molecule has 2 rings (SSSR count). The molecule has 0 unspecified atom stereocenters. The highest BCUT2D eigenvalue weighted by atomic mass is 35.5. The van der Waals surface area contributed by atoms with Crippen LogP contribution in [-0.4, -0.2) is 6.04 Å². The van der Waals surface area contributed by atoms with Crippen LogP contribution in [-0.2, 0) is 13.2 Å². The van der Waals surface area contributed by atoms with Gasteiger partial charge >= 0.3 is 0 Å². The van der Waals surface area contributed by atoms with Gasteiger partial charge in [-0.15, -0.1) is 11.3 Å². The van der Waals surface area contributed by atoms with Crippen molar-refractivity contribution in [1.82, 2.24) is 5.32 Å². The van der Waals surface area contributed by atoms with Gasteiger partial charge in [0.2, 0.25) is 0 Å². The molecule has 1 aromatic carbocycles. The van der Waals surface area contributed by atoms with Crippen molar-refractivity contribution in [2.24, 2.45) is 0 Å². The number of rotatable bonds is 6. The number of nitrogens with one attached hydrogen (secondary N) is 1. The minimum absolute atomic E-state index is 0.285. The standard InChI is InChI=1S/C15H17ClFNOS/c1-10(2)18-8-11-5-12(17)7-13(6-11)19-9-14-3-4-15(16)20-14/h3-7,10,18H,8-9H2,1-2H3. The second kappa shape index (κ2) is 7.07. The van der Waals surface area contributed by atoms with E-state index in [1.807, 2.05) is 18.2 Å². The smallest absolute Gasteiger partial charge is 0.127 e. The van der Waals surface area contributed by atoms with E-state index in [2.05, 4.69) is 19.2 Å². The summed E-state index contributed by atoms with van der Waals surface area (Å²) >= 11 is 7.32. The van der Waals surface area contributed by atoms with Crippen LogP contribution in [0.2, 0.25) is 4.34 Å². The average Bonchev–Trinajstić information content (AvgIpc) is 2.79. The normalized spacial score (nSPS) is 11.1. The lowest BCUT2D eigenvalue weighted by molar-refractivity contribution is 0.307. The van der Waals surface area contributed by atoms with E-state index in [0.717, 1.165) is 14.8 Å². The summed E-state index contributed by atoms with van der Waals surface area (Å²) in [6.07, 6.45) is 0. The van der Waals surface area contributed by atoms with Gasteiger partial charge in [0.15, 0.2) is 0 Å². The van der Waals surface area contributed by atoms with Gasteiger partial charge in [-0.25, -0.2) is 4.39 Å². The van der Waals surface area contributed by atoms with Crippen molar-refractivity contribution in [3.8, 4) is 5.75 Å². The maximum atomic E-state index is 13.6. The van der Waals surface area contributed by atoms with Crippen LogP contribution in [0.25, 0.3) is 0 Å². The van der Waals surface area contributed by atoms with Crippen LogP contribution in [0.1, 0.15) is 24.3 Å². The fraction of sp³-hybridized carbons (Fsp3) is 0.333. The second-order valence-corrected chi connectivity index (χ2v) is 6.62. The molecule has 0 fully saturated rings. The lowest BCUT2D eigenvalue weighted by atomic mass is 10.2. The number of thiophene rings is 1. The van der Waals surface area contributed by atoms with Crippen LogP contribution in [0, 0.1) is 5.82 Å². The monoisotopic (exact) mass is 313 g/mol. The highest BCUT2D eigenvalue weighted by Crippen LogP contribution is 2.24. The zero-order chi connectivity index (χ0) is 14.5. The van der Waals surface area contributed by atoms with Crippen molar-refractivity contribution in [3.63, 3.8) is 0 Å². The molecular formula is C15H17ClFNOS. The van der Waals surface area contributed by atoms with E-state index in [-0.39, 0.29) is 5.82 Å². The molecule has 0 radical (unpaired) electrons. The van der Waals surface area contributed by atoms with Crippen molar-refractivity contribution in [2.45, 2.75) is 33.0 Å². The molecule has 1 N–H and O–H groups in total. The van der Waals surface area contributed by atoms with Crippen molar-refractivity contribution in [2.75, 3.05) is 0 Å². The number of benzene rings is 1. The molecule has 0 aliphatic carbocycles. The first-order valence-electron chi connectivity index (χ1n) is 6.43. The van der Waals surface area contributed by atoms with E-state index in [1.54, 1.807) is 0 Å². The molecule has 0 spiro atoms. The highest BCUT2D eigenvalue weighted by Gasteiger charge is 2.04. The van der Waals surface area contributed by atoms with Gasteiger partial charge in [0, 0.05) is 23.5 Å². The molecule has 0 aliphatic rings. The highest BCUT2D eigenvalue weighted by molar-refractivity contribution is 7.16. The second-order valence-electron chi connectivity index (χ2n) is 4.83. The Morgan fingerprint density at radius 2 is 2.10 bits per heavy atom. The Labute approximate surface area is 127 Å². The first-order valence-corrected chi connectivity index (χ1v) is 7.62. The summed E-state index contributed by atoms with van der Waals surface area (Å²) in [7, 11) is 0. The summed E-state index contributed by atoms with van der Waals surface area (Å²) in [6, 6.07) is 8.87. The van der Waals surface area contributed by atoms with Crippen LogP contribution >= 0.6 is 22.9 Å². The topological polar surface area (TPSA) is 21.3 Å². The number of hydrogen-bond donors (Lipinski definition) is 1. The van der Waals surface area contributed by atoms with Gasteiger partial charge in [-0.2, -0.15) is 0 Å². The van der Waals surface area contributed by atoms with Crippen LogP contribution < -0.4 is 10.1 Å². The zero-order valence-electron chi connectivity index (χ0n) is 11.5.